The van der Waals surface area contributed by atoms with Crippen LogP contribution >= 0.6 is 11.8 Å². The van der Waals surface area contributed by atoms with Crippen LogP contribution in [-0.2, 0) is 94.8 Å². The van der Waals surface area contributed by atoms with Crippen molar-refractivity contribution in [2.24, 2.45) is 23.7 Å². The second-order valence-electron chi connectivity index (χ2n) is 20.0. The van der Waals surface area contributed by atoms with Crippen molar-refractivity contribution in [2.45, 2.75) is 267 Å². The summed E-state index contributed by atoms with van der Waals surface area (Å²) in [5.41, 5.74) is 0. The predicted octanol–water partition coefficient (Wildman–Crippen LogP) is 16.5. The third-order valence-corrected chi connectivity index (χ3v) is 24.1. The Bertz CT molecular complexity index is 1520. The van der Waals surface area contributed by atoms with Gasteiger partial charge >= 0.3 is 0 Å². The maximum atomic E-state index is 12.0. The zero-order valence-electron chi connectivity index (χ0n) is 47.0. The molecule has 2 amide bonds. The van der Waals surface area contributed by atoms with Gasteiger partial charge in [0.2, 0.25) is 11.8 Å². The van der Waals surface area contributed by atoms with Gasteiger partial charge in [-0.2, -0.15) is 11.8 Å². The second kappa shape index (κ2) is 64.2. The third kappa shape index (κ3) is 72.0. The maximum Gasteiger partial charge on any atom is 0.223 e. The highest BCUT2D eigenvalue weighted by Gasteiger charge is 2.18. The van der Waals surface area contributed by atoms with Crippen LogP contribution in [0.4, 0.5) is 0 Å². The van der Waals surface area contributed by atoms with Crippen LogP contribution in [0, 0.1) is 23.7 Å². The van der Waals surface area contributed by atoms with Gasteiger partial charge in [-0.3, -0.25) is 19.2 Å². The van der Waals surface area contributed by atoms with Crippen molar-refractivity contribution < 1.29 is 19.2 Å². The van der Waals surface area contributed by atoms with Crippen molar-refractivity contribution in [2.75, 3.05) is 18.8 Å². The SMILES string of the molecule is C=CCCCCCCCCCCCCC.CC(C)CCCCCCCNC(=O)C/C=C/CC(=O)C(C)C.CCCSC(CCC(=O)NCCCCCCCC(C)C)CC(=O)C(C)C.S=S=S=S=S=S=S=S. The van der Waals surface area contributed by atoms with E-state index in [4.69, 9.17) is 0 Å². The molecule has 0 fully saturated rings. The molecule has 0 saturated carbocycles. The van der Waals surface area contributed by atoms with Crippen molar-refractivity contribution in [1.29, 1.82) is 0 Å². The quantitative estimate of drug-likeness (QED) is 0.0465. The van der Waals surface area contributed by atoms with E-state index in [2.05, 4.69) is 81.1 Å². The first-order chi connectivity index (χ1) is 34.1. The van der Waals surface area contributed by atoms with Crippen molar-refractivity contribution in [1.82, 2.24) is 10.6 Å². The average molecular weight is 1160 g/mol. The average Bonchev–Trinajstić information content (AvgIpc) is 3.33. The molecule has 71 heavy (non-hydrogen) atoms. The van der Waals surface area contributed by atoms with E-state index in [-0.39, 0.29) is 34.7 Å². The lowest BCUT2D eigenvalue weighted by atomic mass is 10.0. The minimum absolute atomic E-state index is 0.0491. The fraction of sp³-hybridized carbons (Fsp3) is 0.857. The number of unbranched alkanes of at least 4 members (excludes halogenated alkanes) is 19. The number of rotatable bonds is 42. The van der Waals surface area contributed by atoms with Gasteiger partial charge in [0.25, 0.3) is 0 Å². The molecule has 0 saturated heterocycles. The largest absolute Gasteiger partial charge is 0.356 e. The van der Waals surface area contributed by atoms with Crippen LogP contribution in [0.3, 0.4) is 0 Å². The Morgan fingerprint density at radius 2 is 0.915 bits per heavy atom. The Kier molecular flexibility index (Phi) is 69.9. The maximum absolute atomic E-state index is 12.0. The lowest BCUT2D eigenvalue weighted by Crippen LogP contribution is -2.26. The number of ketones is 2. The van der Waals surface area contributed by atoms with Gasteiger partial charge in [0.15, 0.2) is 0 Å². The lowest BCUT2D eigenvalue weighted by Gasteiger charge is -2.16. The summed E-state index contributed by atoms with van der Waals surface area (Å²) in [7, 11) is 9.12. The van der Waals surface area contributed by atoms with E-state index in [1.54, 1.807) is 47.7 Å². The van der Waals surface area contributed by atoms with E-state index in [9.17, 15) is 19.2 Å². The van der Waals surface area contributed by atoms with E-state index < -0.39 is 0 Å². The summed E-state index contributed by atoms with van der Waals surface area (Å²) in [6, 6.07) is 0. The molecule has 15 heteroatoms. The van der Waals surface area contributed by atoms with E-state index >= 15 is 0 Å². The molecule has 1 unspecified atom stereocenters. The topological polar surface area (TPSA) is 92.3 Å². The molecule has 0 aliphatic rings. The second-order valence-corrected chi connectivity index (χ2v) is 32.0. The molecule has 0 aliphatic heterocycles. The number of hydrogen-bond acceptors (Lipinski definition) is 7. The number of allylic oxidation sites excluding steroid dienone is 2. The van der Waals surface area contributed by atoms with Crippen LogP contribution < -0.4 is 10.6 Å². The van der Waals surface area contributed by atoms with Crippen molar-refractivity contribution in [3.8, 4) is 0 Å². The Morgan fingerprint density at radius 1 is 0.493 bits per heavy atom. The number of Topliss-reactive ketones (excluding diaryl/α,β-unsaturated/α-hetero) is 2. The zero-order valence-corrected chi connectivity index (χ0v) is 54.3. The van der Waals surface area contributed by atoms with Gasteiger partial charge in [-0.25, -0.2) is 0 Å². The van der Waals surface area contributed by atoms with Gasteiger partial charge in [0, 0.05) is 132 Å². The third-order valence-electron chi connectivity index (χ3n) is 11.5. The lowest BCUT2D eigenvalue weighted by molar-refractivity contribution is -0.123. The van der Waals surface area contributed by atoms with Gasteiger partial charge in [0.1, 0.15) is 11.6 Å². The van der Waals surface area contributed by atoms with Gasteiger partial charge < -0.3 is 10.6 Å². The Balaban J connectivity index is -0.000000451. The molecule has 0 aromatic carbocycles. The van der Waals surface area contributed by atoms with Crippen molar-refractivity contribution in [3.63, 3.8) is 0 Å². The smallest absolute Gasteiger partial charge is 0.223 e. The highest BCUT2D eigenvalue weighted by molar-refractivity contribution is 8.70. The summed E-state index contributed by atoms with van der Waals surface area (Å²) in [6.07, 6.45) is 41.4. The molecular formula is C56H108N2O4S9. The van der Waals surface area contributed by atoms with Crippen LogP contribution in [0.25, 0.3) is 0 Å². The van der Waals surface area contributed by atoms with E-state index in [0.29, 0.717) is 31.5 Å². The molecule has 1 atom stereocenters. The molecule has 0 rings (SSSR count). The molecule has 0 aromatic rings. The summed E-state index contributed by atoms with van der Waals surface area (Å²) in [6.45, 7) is 26.5. The summed E-state index contributed by atoms with van der Waals surface area (Å²) in [5.74, 6) is 3.57. The van der Waals surface area contributed by atoms with E-state index in [1.165, 1.54) is 159 Å². The van der Waals surface area contributed by atoms with Crippen LogP contribution in [-0.4, -0.2) is 47.5 Å². The Labute approximate surface area is 471 Å². The van der Waals surface area contributed by atoms with Crippen LogP contribution in [0.1, 0.15) is 262 Å². The molecular weight excluding hydrogens is 1050 g/mol. The first kappa shape index (κ1) is 77.4. The molecule has 420 valence electrons. The molecule has 0 spiro atoms. The molecule has 0 heterocycles. The number of amides is 2. The highest BCUT2D eigenvalue weighted by Crippen LogP contribution is 2.23. The molecule has 6 nitrogen and oxygen atoms in total. The predicted molar refractivity (Wildman–Crippen MR) is 340 cm³/mol. The summed E-state index contributed by atoms with van der Waals surface area (Å²) in [5, 5.41) is 6.26. The summed E-state index contributed by atoms with van der Waals surface area (Å²) < 4.78 is 0. The zero-order chi connectivity index (χ0) is 54.0. The molecule has 0 radical (unpaired) electrons. The van der Waals surface area contributed by atoms with E-state index in [0.717, 1.165) is 56.4 Å². The summed E-state index contributed by atoms with van der Waals surface area (Å²) in [4.78, 5) is 47.0. The van der Waals surface area contributed by atoms with Crippen LogP contribution in [0.5, 0.6) is 0 Å². The fourth-order valence-electron chi connectivity index (χ4n) is 6.94. The van der Waals surface area contributed by atoms with Crippen LogP contribution in [0.15, 0.2) is 24.8 Å². The number of carbonyl (C=O) groups excluding carboxylic acids is 4. The van der Waals surface area contributed by atoms with Gasteiger partial charge in [-0.15, -0.1) is 6.58 Å². The normalized spacial score (nSPS) is 11.1. The van der Waals surface area contributed by atoms with E-state index in [1.807, 2.05) is 45.5 Å². The number of nitrogens with one attached hydrogen (secondary N) is 2. The standard InChI is InChI=1S/C22H43NO2S.C19H35NO2.C15H30.S8/c1-6-16-26-20(17-21(24)19(4)5)13-14-22(25)23-15-11-9-7-8-10-12-18(2)3;1-16(2)12-8-6-5-7-11-15-20-19(22)14-10-9-13-18(21)17(3)4;1-3-5-7-9-11-13-15-14-12-10-8-6-4-2;1-3-5-7-8-6-4-2/h18-20H,6-17H2,1-5H3,(H,23,25);9-10,16-17H,5-8,11-15H2,1-4H3,(H,20,22);3H,1,4-15H2,2H3;/b;10-9+;;. The summed E-state index contributed by atoms with van der Waals surface area (Å²) >= 11 is 11.1. The first-order valence-electron chi connectivity index (χ1n) is 27.8. The molecule has 2 N–H and O–H groups in total. The highest BCUT2D eigenvalue weighted by atomic mass is 33.4. The number of hydrogen-bond donors (Lipinski definition) is 2. The Hall–Kier alpha value is -0.130. The monoisotopic (exact) mass is 1160 g/mol. The van der Waals surface area contributed by atoms with Crippen molar-refractivity contribution in [3.05, 3.63) is 24.8 Å². The Morgan fingerprint density at radius 3 is 1.34 bits per heavy atom. The minimum Gasteiger partial charge on any atom is -0.356 e. The van der Waals surface area contributed by atoms with Gasteiger partial charge in [0.05, 0.1) is 0 Å². The first-order valence-corrected chi connectivity index (χ1v) is 38.2. The number of thioether (sulfide) groups is 1. The van der Waals surface area contributed by atoms with Crippen LogP contribution in [0.2, 0.25) is 0 Å². The molecule has 0 aliphatic carbocycles. The van der Waals surface area contributed by atoms with Crippen molar-refractivity contribution >= 4 is 111 Å². The van der Waals surface area contributed by atoms with Gasteiger partial charge in [-0.1, -0.05) is 216 Å². The fourth-order valence-corrected chi connectivity index (χ4v) is 19.0. The van der Waals surface area contributed by atoms with Gasteiger partial charge in [-0.05, 0) is 56.1 Å². The molecule has 0 aromatic heterocycles. The minimum atomic E-state index is 0.0491. The molecule has 0 bridgehead atoms. The number of carbonyl (C=O) groups is 4.